The number of fused-ring (bicyclic) bond motifs is 1. The molecule has 0 bridgehead atoms. The molecule has 2 unspecified atom stereocenters. The summed E-state index contributed by atoms with van der Waals surface area (Å²) >= 11 is 0. The molecule has 0 spiro atoms. The second kappa shape index (κ2) is 8.43. The summed E-state index contributed by atoms with van der Waals surface area (Å²) in [6, 6.07) is 16.5. The van der Waals surface area contributed by atoms with Crippen LogP contribution in [0.25, 0.3) is 0 Å². The van der Waals surface area contributed by atoms with E-state index in [0.29, 0.717) is 18.7 Å². The minimum atomic E-state index is -0.392. The monoisotopic (exact) mass is 379 g/mol. The third-order valence-corrected chi connectivity index (χ3v) is 6.04. The predicted molar refractivity (Wildman–Crippen MR) is 110 cm³/mol. The van der Waals surface area contributed by atoms with E-state index in [-0.39, 0.29) is 12.1 Å². The maximum absolute atomic E-state index is 11.5. The first kappa shape index (κ1) is 19.1. The zero-order chi connectivity index (χ0) is 19.5. The molecule has 5 nitrogen and oxygen atoms in total. The van der Waals surface area contributed by atoms with Gasteiger partial charge in [-0.3, -0.25) is 14.6 Å². The van der Waals surface area contributed by atoms with Crippen molar-refractivity contribution in [2.45, 2.75) is 38.0 Å². The molecule has 28 heavy (non-hydrogen) atoms. The SMILES string of the molecule is NC(=O)c1cccc(C2CCCN2CC(O)CN2CCc3ccccc3C2)c1. The zero-order valence-electron chi connectivity index (χ0n) is 16.3. The van der Waals surface area contributed by atoms with Crippen LogP contribution in [-0.2, 0) is 13.0 Å². The Morgan fingerprint density at radius 2 is 1.93 bits per heavy atom. The Morgan fingerprint density at radius 3 is 2.75 bits per heavy atom. The van der Waals surface area contributed by atoms with Crippen LogP contribution in [0.1, 0.15) is 45.9 Å². The molecule has 2 aromatic carbocycles. The Balaban J connectivity index is 1.37. The molecule has 4 rings (SSSR count). The maximum Gasteiger partial charge on any atom is 0.248 e. The molecule has 1 fully saturated rings. The number of primary amides is 1. The van der Waals surface area contributed by atoms with E-state index in [9.17, 15) is 9.90 Å². The number of carbonyl (C=O) groups excluding carboxylic acids is 1. The molecule has 1 amide bonds. The Labute approximate surface area is 166 Å². The van der Waals surface area contributed by atoms with Gasteiger partial charge in [-0.2, -0.15) is 0 Å². The summed E-state index contributed by atoms with van der Waals surface area (Å²) in [5, 5.41) is 10.8. The van der Waals surface area contributed by atoms with Gasteiger partial charge >= 0.3 is 0 Å². The maximum atomic E-state index is 11.5. The average Bonchev–Trinajstić information content (AvgIpc) is 3.16. The van der Waals surface area contributed by atoms with Crippen LogP contribution in [0.4, 0.5) is 0 Å². The zero-order valence-corrected chi connectivity index (χ0v) is 16.3. The van der Waals surface area contributed by atoms with Crippen LogP contribution in [0.3, 0.4) is 0 Å². The topological polar surface area (TPSA) is 69.8 Å². The number of aliphatic hydroxyl groups excluding tert-OH is 1. The number of likely N-dealkylation sites (tertiary alicyclic amines) is 1. The van der Waals surface area contributed by atoms with E-state index in [1.807, 2.05) is 12.1 Å². The molecule has 2 atom stereocenters. The van der Waals surface area contributed by atoms with Crippen molar-refractivity contribution in [1.82, 2.24) is 9.80 Å². The van der Waals surface area contributed by atoms with E-state index in [2.05, 4.69) is 40.1 Å². The highest BCUT2D eigenvalue weighted by Gasteiger charge is 2.29. The molecule has 2 heterocycles. The first-order valence-corrected chi connectivity index (χ1v) is 10.2. The summed E-state index contributed by atoms with van der Waals surface area (Å²) in [6.45, 7) is 4.24. The third-order valence-electron chi connectivity index (χ3n) is 6.04. The summed E-state index contributed by atoms with van der Waals surface area (Å²) in [6.07, 6.45) is 2.82. The number of benzene rings is 2. The lowest BCUT2D eigenvalue weighted by Crippen LogP contribution is -2.42. The van der Waals surface area contributed by atoms with Gasteiger partial charge in [0.1, 0.15) is 0 Å². The van der Waals surface area contributed by atoms with Crippen molar-refractivity contribution in [1.29, 1.82) is 0 Å². The molecule has 0 aromatic heterocycles. The van der Waals surface area contributed by atoms with E-state index in [0.717, 1.165) is 44.5 Å². The average molecular weight is 380 g/mol. The Hall–Kier alpha value is -2.21. The van der Waals surface area contributed by atoms with Crippen molar-refractivity contribution in [3.8, 4) is 0 Å². The lowest BCUT2D eigenvalue weighted by atomic mass is 9.99. The van der Waals surface area contributed by atoms with Crippen molar-refractivity contribution in [2.24, 2.45) is 5.73 Å². The van der Waals surface area contributed by atoms with E-state index in [1.54, 1.807) is 6.07 Å². The summed E-state index contributed by atoms with van der Waals surface area (Å²) in [5.41, 5.74) is 9.92. The fourth-order valence-electron chi connectivity index (χ4n) is 4.66. The molecule has 0 aliphatic carbocycles. The van der Waals surface area contributed by atoms with Gasteiger partial charge in [0.2, 0.25) is 5.91 Å². The van der Waals surface area contributed by atoms with Crippen LogP contribution in [-0.4, -0.2) is 53.1 Å². The number of nitrogens with two attached hydrogens (primary N) is 1. The van der Waals surface area contributed by atoms with Gasteiger partial charge in [-0.05, 0) is 54.6 Å². The second-order valence-corrected chi connectivity index (χ2v) is 8.05. The van der Waals surface area contributed by atoms with Crippen molar-refractivity contribution >= 4 is 5.91 Å². The number of rotatable bonds is 6. The third kappa shape index (κ3) is 4.27. The number of hydrogen-bond acceptors (Lipinski definition) is 4. The molecule has 0 radical (unpaired) electrons. The number of β-amino-alcohol motifs (C(OH)–C–C–N with tert-alkyl or cyclic N) is 1. The quantitative estimate of drug-likeness (QED) is 0.808. The molecule has 0 saturated carbocycles. The van der Waals surface area contributed by atoms with Gasteiger partial charge in [-0.15, -0.1) is 0 Å². The molecule has 1 saturated heterocycles. The van der Waals surface area contributed by atoms with Gasteiger partial charge in [0, 0.05) is 37.8 Å². The van der Waals surface area contributed by atoms with Crippen LogP contribution < -0.4 is 5.73 Å². The Morgan fingerprint density at radius 1 is 1.11 bits per heavy atom. The number of carbonyl (C=O) groups is 1. The van der Waals surface area contributed by atoms with Gasteiger partial charge in [-0.1, -0.05) is 36.4 Å². The van der Waals surface area contributed by atoms with E-state index in [1.165, 1.54) is 11.1 Å². The first-order valence-electron chi connectivity index (χ1n) is 10.2. The molecular formula is C23H29N3O2. The van der Waals surface area contributed by atoms with Gasteiger partial charge in [-0.25, -0.2) is 0 Å². The number of hydrogen-bond donors (Lipinski definition) is 2. The summed E-state index contributed by atoms with van der Waals surface area (Å²) in [4.78, 5) is 16.2. The second-order valence-electron chi connectivity index (χ2n) is 8.05. The van der Waals surface area contributed by atoms with Gasteiger partial charge in [0.25, 0.3) is 0 Å². The van der Waals surface area contributed by atoms with Crippen molar-refractivity contribution < 1.29 is 9.90 Å². The van der Waals surface area contributed by atoms with Gasteiger partial charge in [0.05, 0.1) is 6.10 Å². The minimum Gasteiger partial charge on any atom is -0.390 e. The van der Waals surface area contributed by atoms with Crippen molar-refractivity contribution in [3.05, 3.63) is 70.8 Å². The van der Waals surface area contributed by atoms with Crippen LogP contribution in [0.15, 0.2) is 48.5 Å². The molecular weight excluding hydrogens is 350 g/mol. The van der Waals surface area contributed by atoms with E-state index < -0.39 is 5.91 Å². The van der Waals surface area contributed by atoms with Crippen LogP contribution in [0.2, 0.25) is 0 Å². The molecule has 2 aliphatic heterocycles. The Bertz CT molecular complexity index is 838. The summed E-state index contributed by atoms with van der Waals surface area (Å²) in [5.74, 6) is -0.392. The number of aliphatic hydroxyl groups is 1. The largest absolute Gasteiger partial charge is 0.390 e. The molecule has 2 aromatic rings. The highest BCUT2D eigenvalue weighted by molar-refractivity contribution is 5.92. The van der Waals surface area contributed by atoms with Crippen molar-refractivity contribution in [3.63, 3.8) is 0 Å². The Kier molecular flexibility index (Phi) is 5.76. The van der Waals surface area contributed by atoms with Gasteiger partial charge < -0.3 is 10.8 Å². The fourth-order valence-corrected chi connectivity index (χ4v) is 4.66. The van der Waals surface area contributed by atoms with Crippen LogP contribution >= 0.6 is 0 Å². The fraction of sp³-hybridized carbons (Fsp3) is 0.435. The highest BCUT2D eigenvalue weighted by atomic mass is 16.3. The normalized spacial score (nSPS) is 21.4. The summed E-state index contributed by atoms with van der Waals surface area (Å²) < 4.78 is 0. The lowest BCUT2D eigenvalue weighted by molar-refractivity contribution is 0.0649. The van der Waals surface area contributed by atoms with Crippen LogP contribution in [0, 0.1) is 0 Å². The molecule has 5 heteroatoms. The molecule has 3 N–H and O–H groups in total. The lowest BCUT2D eigenvalue weighted by Gasteiger charge is -2.33. The smallest absolute Gasteiger partial charge is 0.248 e. The first-order chi connectivity index (χ1) is 13.6. The number of amides is 1. The van der Waals surface area contributed by atoms with Gasteiger partial charge in [0.15, 0.2) is 0 Å². The van der Waals surface area contributed by atoms with E-state index in [4.69, 9.17) is 5.73 Å². The predicted octanol–water partition coefficient (Wildman–Crippen LogP) is 2.34. The highest BCUT2D eigenvalue weighted by Crippen LogP contribution is 2.32. The standard InChI is InChI=1S/C23H29N3O2/c24-23(28)19-8-3-7-18(13-19)22-9-4-11-26(22)16-21(27)15-25-12-10-17-5-1-2-6-20(17)14-25/h1-3,5-8,13,21-22,27H,4,9-12,14-16H2,(H2,24,28). The minimum absolute atomic E-state index is 0.246. The van der Waals surface area contributed by atoms with Crippen LogP contribution in [0.5, 0.6) is 0 Å². The van der Waals surface area contributed by atoms with E-state index >= 15 is 0 Å². The van der Waals surface area contributed by atoms with Crippen molar-refractivity contribution in [2.75, 3.05) is 26.2 Å². The molecule has 2 aliphatic rings. The summed E-state index contributed by atoms with van der Waals surface area (Å²) in [7, 11) is 0. The molecule has 148 valence electrons. The number of nitrogens with zero attached hydrogens (tertiary/aromatic N) is 2.